The van der Waals surface area contributed by atoms with Gasteiger partial charge in [-0.25, -0.2) is 4.39 Å². The van der Waals surface area contributed by atoms with Crippen LogP contribution in [0.25, 0.3) is 0 Å². The lowest BCUT2D eigenvalue weighted by molar-refractivity contribution is -0.131. The third kappa shape index (κ3) is 7.92. The van der Waals surface area contributed by atoms with Gasteiger partial charge in [0.2, 0.25) is 5.91 Å². The summed E-state index contributed by atoms with van der Waals surface area (Å²) in [6, 6.07) is -0.754. The first-order chi connectivity index (χ1) is 12.9. The Balaban J connectivity index is 2.73. The van der Waals surface area contributed by atoms with Crippen LogP contribution >= 0.6 is 0 Å². The van der Waals surface area contributed by atoms with E-state index in [9.17, 15) is 18.4 Å². The molecule has 1 unspecified atom stereocenters. The van der Waals surface area contributed by atoms with Crippen LogP contribution in [0, 0.1) is 18.3 Å². The van der Waals surface area contributed by atoms with Crippen LogP contribution in [0.1, 0.15) is 51.9 Å². The minimum absolute atomic E-state index is 0.0813. The predicted molar refractivity (Wildman–Crippen MR) is 99.6 cm³/mol. The van der Waals surface area contributed by atoms with Gasteiger partial charge in [0.05, 0.1) is 6.04 Å². The van der Waals surface area contributed by atoms with E-state index < -0.39 is 35.8 Å². The lowest BCUT2D eigenvalue weighted by Gasteiger charge is -2.20. The number of terminal acetylenes is 1. The van der Waals surface area contributed by atoms with E-state index in [1.165, 1.54) is 0 Å². The summed E-state index contributed by atoms with van der Waals surface area (Å²) in [5, 5.41) is 2.78. The number of amides is 1. The van der Waals surface area contributed by atoms with E-state index >= 15 is 0 Å². The molecule has 1 fully saturated rings. The maximum atomic E-state index is 13.7. The Morgan fingerprint density at radius 3 is 2.56 bits per heavy atom. The molecule has 0 heterocycles. The van der Waals surface area contributed by atoms with Crippen molar-refractivity contribution in [1.29, 1.82) is 0 Å². The molecule has 0 aliphatic heterocycles. The molecule has 1 amide bonds. The predicted octanol–water partition coefficient (Wildman–Crippen LogP) is 3.06. The number of halogens is 2. The summed E-state index contributed by atoms with van der Waals surface area (Å²) in [5.41, 5.74) is 5.48. The fraction of sp³-hybridized carbons (Fsp3) is 0.600. The van der Waals surface area contributed by atoms with E-state index in [1.54, 1.807) is 0 Å². The molecule has 150 valence electrons. The first kappa shape index (κ1) is 22.8. The molecule has 0 saturated heterocycles. The van der Waals surface area contributed by atoms with Crippen molar-refractivity contribution < 1.29 is 23.1 Å². The van der Waals surface area contributed by atoms with E-state index in [0.717, 1.165) is 38.7 Å². The zero-order chi connectivity index (χ0) is 20.2. The van der Waals surface area contributed by atoms with Gasteiger partial charge in [0.15, 0.2) is 17.4 Å². The van der Waals surface area contributed by atoms with Gasteiger partial charge >= 0.3 is 0 Å². The molecule has 0 spiro atoms. The van der Waals surface area contributed by atoms with Crippen LogP contribution in [-0.4, -0.2) is 30.9 Å². The molecule has 1 atom stereocenters. The smallest absolute Gasteiger partial charge is 0.223 e. The second-order valence-corrected chi connectivity index (χ2v) is 6.60. The number of ketones is 1. The van der Waals surface area contributed by atoms with Gasteiger partial charge in [-0.1, -0.05) is 18.8 Å². The molecular formula is C20H28F2N2O3. The topological polar surface area (TPSA) is 81.4 Å². The molecule has 27 heavy (non-hydrogen) atoms. The summed E-state index contributed by atoms with van der Waals surface area (Å²) in [5.74, 6) is -1.48. The minimum atomic E-state index is -1.25. The van der Waals surface area contributed by atoms with Gasteiger partial charge in [-0.2, -0.15) is 4.39 Å². The highest BCUT2D eigenvalue weighted by atomic mass is 19.2. The van der Waals surface area contributed by atoms with Crippen LogP contribution in [0.3, 0.4) is 0 Å². The normalized spacial score (nSPS) is 17.1. The van der Waals surface area contributed by atoms with Crippen molar-refractivity contribution in [2.45, 2.75) is 57.9 Å². The lowest BCUT2D eigenvalue weighted by Crippen LogP contribution is -2.44. The standard InChI is InChI=1S/C20H28F2N2O3/c1-3-8-18(19(22)14(2)21)27-13-17(25)16(11-6-7-12-23)24-20(26)15-9-4-5-10-15/h1,8,15-16H,4-7,9-13,23H2,2H3,(H,24,26)/b18-8+,19-14-. The summed E-state index contributed by atoms with van der Waals surface area (Å²) in [6.07, 6.45) is 11.4. The first-order valence-electron chi connectivity index (χ1n) is 9.25. The molecule has 5 nitrogen and oxygen atoms in total. The zero-order valence-electron chi connectivity index (χ0n) is 15.7. The van der Waals surface area contributed by atoms with Gasteiger partial charge in [0, 0.05) is 12.0 Å². The molecule has 3 N–H and O–H groups in total. The summed E-state index contributed by atoms with van der Waals surface area (Å²) >= 11 is 0. The van der Waals surface area contributed by atoms with E-state index in [-0.39, 0.29) is 11.8 Å². The van der Waals surface area contributed by atoms with Gasteiger partial charge in [-0.05, 0) is 45.6 Å². The van der Waals surface area contributed by atoms with Crippen molar-refractivity contribution in [3.63, 3.8) is 0 Å². The summed E-state index contributed by atoms with van der Waals surface area (Å²) in [6.45, 7) is 0.879. The Morgan fingerprint density at radius 1 is 1.33 bits per heavy atom. The molecular weight excluding hydrogens is 354 g/mol. The highest BCUT2D eigenvalue weighted by Crippen LogP contribution is 2.25. The van der Waals surface area contributed by atoms with Crippen molar-refractivity contribution in [1.82, 2.24) is 5.32 Å². The van der Waals surface area contributed by atoms with Gasteiger partial charge in [-0.15, -0.1) is 6.42 Å². The number of ether oxygens (including phenoxy) is 1. The average molecular weight is 382 g/mol. The number of allylic oxidation sites excluding steroid dienone is 3. The Kier molecular flexibility index (Phi) is 10.3. The molecule has 1 rings (SSSR count). The molecule has 0 radical (unpaired) electrons. The molecule has 0 aromatic rings. The monoisotopic (exact) mass is 382 g/mol. The Labute approximate surface area is 159 Å². The number of Topliss-reactive ketones (excluding diaryl/α,β-unsaturated/α-hetero) is 1. The Hall–Kier alpha value is -2.20. The highest BCUT2D eigenvalue weighted by Gasteiger charge is 2.27. The fourth-order valence-electron chi connectivity index (χ4n) is 2.95. The molecule has 0 aromatic heterocycles. The summed E-state index contributed by atoms with van der Waals surface area (Å²) in [7, 11) is 0. The molecule has 0 aromatic carbocycles. The zero-order valence-corrected chi connectivity index (χ0v) is 15.7. The number of carbonyl (C=O) groups excluding carboxylic acids is 2. The number of nitrogens with one attached hydrogen (secondary N) is 1. The lowest BCUT2D eigenvalue weighted by atomic mass is 10.0. The molecule has 0 bridgehead atoms. The van der Waals surface area contributed by atoms with Crippen LogP contribution in [0.15, 0.2) is 23.5 Å². The van der Waals surface area contributed by atoms with Crippen LogP contribution in [-0.2, 0) is 14.3 Å². The first-order valence-corrected chi connectivity index (χ1v) is 9.25. The number of unbranched alkanes of at least 4 members (excludes halogenated alkanes) is 1. The van der Waals surface area contributed by atoms with Gasteiger partial charge in [-0.3, -0.25) is 9.59 Å². The Bertz CT molecular complexity index is 613. The number of nitrogens with two attached hydrogens (primary N) is 1. The number of carbonyl (C=O) groups is 2. The SMILES string of the molecule is C#C/C=C(OCC(=O)C(CCCCN)NC(=O)C1CCCC1)\C(F)=C(/C)F. The van der Waals surface area contributed by atoms with Crippen LogP contribution < -0.4 is 11.1 Å². The summed E-state index contributed by atoms with van der Waals surface area (Å²) in [4.78, 5) is 24.9. The molecule has 1 aliphatic carbocycles. The minimum Gasteiger partial charge on any atom is -0.482 e. The number of hydrogen-bond donors (Lipinski definition) is 2. The van der Waals surface area contributed by atoms with Gasteiger partial charge < -0.3 is 15.8 Å². The highest BCUT2D eigenvalue weighted by molar-refractivity contribution is 5.90. The maximum absolute atomic E-state index is 13.7. The van der Waals surface area contributed by atoms with Crippen molar-refractivity contribution in [3.8, 4) is 12.3 Å². The molecule has 1 saturated carbocycles. The van der Waals surface area contributed by atoms with Crippen LogP contribution in [0.2, 0.25) is 0 Å². The second-order valence-electron chi connectivity index (χ2n) is 6.60. The third-order valence-electron chi connectivity index (χ3n) is 4.48. The maximum Gasteiger partial charge on any atom is 0.223 e. The number of hydrogen-bond acceptors (Lipinski definition) is 4. The van der Waals surface area contributed by atoms with E-state index in [1.807, 2.05) is 5.92 Å². The van der Waals surface area contributed by atoms with Crippen molar-refractivity contribution >= 4 is 11.7 Å². The second kappa shape index (κ2) is 12.2. The van der Waals surface area contributed by atoms with E-state index in [4.69, 9.17) is 16.9 Å². The fourth-order valence-corrected chi connectivity index (χ4v) is 2.95. The summed E-state index contributed by atoms with van der Waals surface area (Å²) < 4.78 is 31.9. The van der Waals surface area contributed by atoms with Crippen LogP contribution in [0.4, 0.5) is 8.78 Å². The van der Waals surface area contributed by atoms with E-state index in [2.05, 4.69) is 5.32 Å². The van der Waals surface area contributed by atoms with Crippen LogP contribution in [0.5, 0.6) is 0 Å². The van der Waals surface area contributed by atoms with Crippen molar-refractivity contribution in [2.24, 2.45) is 11.7 Å². The Morgan fingerprint density at radius 2 is 2.00 bits per heavy atom. The average Bonchev–Trinajstić information content (AvgIpc) is 3.18. The quantitative estimate of drug-likeness (QED) is 0.249. The van der Waals surface area contributed by atoms with Crippen molar-refractivity contribution in [2.75, 3.05) is 13.2 Å². The van der Waals surface area contributed by atoms with E-state index in [0.29, 0.717) is 25.8 Å². The van der Waals surface area contributed by atoms with Crippen molar-refractivity contribution in [3.05, 3.63) is 23.5 Å². The van der Waals surface area contributed by atoms with Gasteiger partial charge in [0.1, 0.15) is 12.4 Å². The molecule has 7 heteroatoms. The number of rotatable bonds is 11. The molecule has 1 aliphatic rings. The largest absolute Gasteiger partial charge is 0.482 e. The van der Waals surface area contributed by atoms with Gasteiger partial charge in [0.25, 0.3) is 0 Å². The third-order valence-corrected chi connectivity index (χ3v) is 4.48.